The zero-order valence-corrected chi connectivity index (χ0v) is 10.9. The number of carbonyl (C=O) groups is 1. The molecule has 1 heterocycles. The summed E-state index contributed by atoms with van der Waals surface area (Å²) in [4.78, 5) is 12.2. The van der Waals surface area contributed by atoms with Crippen LogP contribution in [0.3, 0.4) is 0 Å². The van der Waals surface area contributed by atoms with Crippen molar-refractivity contribution in [2.75, 3.05) is 0 Å². The summed E-state index contributed by atoms with van der Waals surface area (Å²) in [5, 5.41) is 11.1. The first kappa shape index (κ1) is 15.4. The van der Waals surface area contributed by atoms with Crippen LogP contribution in [0.5, 0.6) is 0 Å². The fourth-order valence-electron chi connectivity index (χ4n) is 1.49. The predicted octanol–water partition coefficient (Wildman–Crippen LogP) is 2.68. The Balaban J connectivity index is 0.00000225. The highest BCUT2D eigenvalue weighted by atomic mass is 35.5. The monoisotopic (exact) mass is 263 g/mol. The molecule has 0 saturated carbocycles. The minimum atomic E-state index is -1.10. The van der Waals surface area contributed by atoms with Crippen LogP contribution in [0.4, 0.5) is 0 Å². The van der Waals surface area contributed by atoms with Crippen LogP contribution in [0.25, 0.3) is 0 Å². The van der Waals surface area contributed by atoms with Crippen molar-refractivity contribution in [2.24, 2.45) is 5.73 Å². The van der Waals surface area contributed by atoms with Gasteiger partial charge in [-0.1, -0.05) is 25.8 Å². The maximum atomic E-state index is 11.1. The number of carboxylic acid groups (broad SMARTS) is 1. The second-order valence-electron chi connectivity index (χ2n) is 3.82. The summed E-state index contributed by atoms with van der Waals surface area (Å²) in [6.45, 7) is 2.04. The Morgan fingerprint density at radius 1 is 1.62 bits per heavy atom. The molecule has 0 fully saturated rings. The van der Waals surface area contributed by atoms with E-state index in [9.17, 15) is 4.79 Å². The highest BCUT2D eigenvalue weighted by Gasteiger charge is 2.33. The van der Waals surface area contributed by atoms with Crippen molar-refractivity contribution in [2.45, 2.75) is 38.1 Å². The van der Waals surface area contributed by atoms with E-state index < -0.39 is 11.5 Å². The van der Waals surface area contributed by atoms with Gasteiger partial charge in [-0.05, 0) is 17.9 Å². The predicted molar refractivity (Wildman–Crippen MR) is 69.4 cm³/mol. The molecule has 0 amide bonds. The second kappa shape index (κ2) is 6.89. The van der Waals surface area contributed by atoms with Crippen LogP contribution < -0.4 is 5.73 Å². The lowest BCUT2D eigenvalue weighted by atomic mass is 9.89. The average molecular weight is 264 g/mol. The fourth-order valence-corrected chi connectivity index (χ4v) is 2.32. The van der Waals surface area contributed by atoms with E-state index in [1.54, 1.807) is 11.3 Å². The summed E-state index contributed by atoms with van der Waals surface area (Å²) in [7, 11) is 0. The molecular weight excluding hydrogens is 246 g/mol. The highest BCUT2D eigenvalue weighted by Crippen LogP contribution is 2.21. The van der Waals surface area contributed by atoms with Crippen molar-refractivity contribution in [1.82, 2.24) is 0 Å². The number of halogens is 1. The average Bonchev–Trinajstić information content (AvgIpc) is 2.67. The van der Waals surface area contributed by atoms with Gasteiger partial charge in [-0.3, -0.25) is 4.79 Å². The third-order valence-electron chi connectivity index (χ3n) is 2.47. The molecule has 1 atom stereocenters. The van der Waals surface area contributed by atoms with Crippen molar-refractivity contribution in [3.8, 4) is 0 Å². The first-order valence-corrected chi connectivity index (χ1v) is 6.01. The molecule has 0 aliphatic rings. The Morgan fingerprint density at radius 2 is 2.31 bits per heavy atom. The SMILES string of the molecule is CCCC[C@@](N)(Cc1cccs1)C(=O)O.Cl. The van der Waals surface area contributed by atoms with Crippen LogP contribution in [0.1, 0.15) is 31.1 Å². The summed E-state index contributed by atoms with van der Waals surface area (Å²) in [6.07, 6.45) is 2.79. The van der Waals surface area contributed by atoms with Crippen LogP contribution in [0.15, 0.2) is 17.5 Å². The molecule has 0 saturated heterocycles. The third kappa shape index (κ3) is 4.12. The van der Waals surface area contributed by atoms with E-state index in [-0.39, 0.29) is 12.4 Å². The Labute approximate surface area is 106 Å². The number of aliphatic carboxylic acids is 1. The molecule has 3 nitrogen and oxygen atoms in total. The van der Waals surface area contributed by atoms with Gasteiger partial charge >= 0.3 is 5.97 Å². The lowest BCUT2D eigenvalue weighted by Crippen LogP contribution is -2.49. The van der Waals surface area contributed by atoms with Crippen molar-refractivity contribution in [3.63, 3.8) is 0 Å². The minimum Gasteiger partial charge on any atom is -0.480 e. The lowest BCUT2D eigenvalue weighted by Gasteiger charge is -2.23. The van der Waals surface area contributed by atoms with E-state index in [2.05, 4.69) is 0 Å². The molecule has 0 radical (unpaired) electrons. The van der Waals surface area contributed by atoms with Gasteiger partial charge in [-0.25, -0.2) is 0 Å². The summed E-state index contributed by atoms with van der Waals surface area (Å²) in [5.41, 5.74) is 4.83. The molecule has 1 rings (SSSR count). The standard InChI is InChI=1S/C11H17NO2S.ClH/c1-2-3-6-11(12,10(13)14)8-9-5-4-7-15-9;/h4-5,7H,2-3,6,8,12H2,1H3,(H,13,14);1H/t11-;/m1./s1. The quantitative estimate of drug-likeness (QED) is 0.829. The first-order chi connectivity index (χ1) is 7.08. The van der Waals surface area contributed by atoms with E-state index in [0.29, 0.717) is 12.8 Å². The topological polar surface area (TPSA) is 63.3 Å². The molecule has 92 valence electrons. The summed E-state index contributed by atoms with van der Waals surface area (Å²) in [6, 6.07) is 3.85. The van der Waals surface area contributed by atoms with Gasteiger partial charge in [-0.2, -0.15) is 0 Å². The van der Waals surface area contributed by atoms with Gasteiger partial charge in [0.05, 0.1) is 0 Å². The van der Waals surface area contributed by atoms with E-state index in [1.807, 2.05) is 24.4 Å². The molecule has 0 bridgehead atoms. The fraction of sp³-hybridized carbons (Fsp3) is 0.545. The summed E-state index contributed by atoms with van der Waals surface area (Å²) >= 11 is 1.56. The Bertz CT molecular complexity index is 316. The van der Waals surface area contributed by atoms with Crippen LogP contribution >= 0.6 is 23.7 Å². The van der Waals surface area contributed by atoms with Crippen molar-refractivity contribution >= 4 is 29.7 Å². The Hall–Kier alpha value is -0.580. The van der Waals surface area contributed by atoms with Gasteiger partial charge in [-0.15, -0.1) is 23.7 Å². The molecule has 0 spiro atoms. The smallest absolute Gasteiger partial charge is 0.324 e. The largest absolute Gasteiger partial charge is 0.480 e. The number of hydrogen-bond acceptors (Lipinski definition) is 3. The van der Waals surface area contributed by atoms with Crippen LogP contribution in [-0.4, -0.2) is 16.6 Å². The molecule has 5 heteroatoms. The van der Waals surface area contributed by atoms with E-state index in [1.165, 1.54) is 0 Å². The Kier molecular flexibility index (Phi) is 6.64. The molecule has 0 unspecified atom stereocenters. The minimum absolute atomic E-state index is 0. The van der Waals surface area contributed by atoms with Crippen molar-refractivity contribution < 1.29 is 9.90 Å². The lowest BCUT2D eigenvalue weighted by molar-refractivity contribution is -0.143. The van der Waals surface area contributed by atoms with Gasteiger partial charge in [0.25, 0.3) is 0 Å². The maximum absolute atomic E-state index is 11.1. The van der Waals surface area contributed by atoms with Gasteiger partial charge in [0.1, 0.15) is 5.54 Å². The maximum Gasteiger partial charge on any atom is 0.324 e. The molecule has 0 aliphatic heterocycles. The number of thiophene rings is 1. The molecule has 0 aromatic carbocycles. The van der Waals surface area contributed by atoms with Crippen LogP contribution in [0.2, 0.25) is 0 Å². The second-order valence-corrected chi connectivity index (χ2v) is 4.85. The van der Waals surface area contributed by atoms with Gasteiger partial charge in [0.2, 0.25) is 0 Å². The van der Waals surface area contributed by atoms with E-state index in [4.69, 9.17) is 10.8 Å². The third-order valence-corrected chi connectivity index (χ3v) is 3.35. The molecule has 16 heavy (non-hydrogen) atoms. The Morgan fingerprint density at radius 3 is 2.75 bits per heavy atom. The highest BCUT2D eigenvalue weighted by molar-refractivity contribution is 7.09. The van der Waals surface area contributed by atoms with Gasteiger partial charge in [0, 0.05) is 11.3 Å². The normalized spacial score (nSPS) is 13.9. The van der Waals surface area contributed by atoms with Crippen molar-refractivity contribution in [1.29, 1.82) is 0 Å². The number of unbranched alkanes of at least 4 members (excludes halogenated alkanes) is 1. The molecule has 1 aromatic rings. The van der Waals surface area contributed by atoms with E-state index >= 15 is 0 Å². The number of rotatable bonds is 6. The molecular formula is C11H18ClNO2S. The number of hydrogen-bond donors (Lipinski definition) is 2. The molecule has 1 aromatic heterocycles. The first-order valence-electron chi connectivity index (χ1n) is 5.13. The van der Waals surface area contributed by atoms with Crippen LogP contribution in [-0.2, 0) is 11.2 Å². The zero-order chi connectivity index (χ0) is 11.3. The number of nitrogens with two attached hydrogens (primary N) is 1. The van der Waals surface area contributed by atoms with Gasteiger partial charge < -0.3 is 10.8 Å². The summed E-state index contributed by atoms with van der Waals surface area (Å²) < 4.78 is 0. The number of carboxylic acids is 1. The van der Waals surface area contributed by atoms with Gasteiger partial charge in [0.15, 0.2) is 0 Å². The summed E-state index contributed by atoms with van der Waals surface area (Å²) in [5.74, 6) is -0.899. The molecule has 3 N–H and O–H groups in total. The van der Waals surface area contributed by atoms with Crippen LogP contribution in [0, 0.1) is 0 Å². The van der Waals surface area contributed by atoms with Crippen molar-refractivity contribution in [3.05, 3.63) is 22.4 Å². The molecule has 0 aliphatic carbocycles. The van der Waals surface area contributed by atoms with E-state index in [0.717, 1.165) is 17.7 Å². The zero-order valence-electron chi connectivity index (χ0n) is 9.31.